The van der Waals surface area contributed by atoms with E-state index >= 15 is 0 Å². The molecular weight excluding hydrogens is 136 g/mol. The van der Waals surface area contributed by atoms with Gasteiger partial charge in [0.2, 0.25) is 0 Å². The van der Waals surface area contributed by atoms with E-state index in [9.17, 15) is 0 Å². The zero-order valence-corrected chi connectivity index (χ0v) is 5.77. The lowest BCUT2D eigenvalue weighted by Crippen LogP contribution is -2.47. The number of aliphatic hydroxyl groups is 3. The molecule has 1 rings (SSSR count). The summed E-state index contributed by atoms with van der Waals surface area (Å²) in [5.41, 5.74) is 0. The largest absolute Gasteiger partial charge is 0.390 e. The molecule has 0 aliphatic carbocycles. The molecule has 0 aromatic heterocycles. The van der Waals surface area contributed by atoms with Gasteiger partial charge in [-0.25, -0.2) is 0 Å². The Labute approximate surface area is 59.1 Å². The number of hydrogen-bond donors (Lipinski definition) is 3. The van der Waals surface area contributed by atoms with Gasteiger partial charge in [-0.2, -0.15) is 0 Å². The van der Waals surface area contributed by atoms with Crippen molar-refractivity contribution in [1.82, 2.24) is 0 Å². The van der Waals surface area contributed by atoms with E-state index in [0.29, 0.717) is 6.42 Å². The van der Waals surface area contributed by atoms with Gasteiger partial charge in [0.15, 0.2) is 6.29 Å². The van der Waals surface area contributed by atoms with E-state index in [4.69, 9.17) is 20.1 Å². The van der Waals surface area contributed by atoms with Gasteiger partial charge in [0, 0.05) is 6.42 Å². The van der Waals surface area contributed by atoms with Crippen LogP contribution in [-0.2, 0) is 4.74 Å². The van der Waals surface area contributed by atoms with Crippen molar-refractivity contribution in [3.63, 3.8) is 0 Å². The van der Waals surface area contributed by atoms with Crippen molar-refractivity contribution in [2.45, 2.75) is 37.9 Å². The second kappa shape index (κ2) is 2.84. The third-order valence-electron chi connectivity index (χ3n) is 1.63. The fourth-order valence-corrected chi connectivity index (χ4v) is 1.04. The molecule has 1 fully saturated rings. The smallest absolute Gasteiger partial charge is 0.183 e. The van der Waals surface area contributed by atoms with Gasteiger partial charge >= 0.3 is 0 Å². The molecule has 1 saturated heterocycles. The van der Waals surface area contributed by atoms with Crippen LogP contribution in [0, 0.1) is 0 Å². The minimum absolute atomic E-state index is 0.187. The van der Waals surface area contributed by atoms with E-state index in [0.717, 1.165) is 0 Å². The molecular formula is C6H12O4. The summed E-state index contributed by atoms with van der Waals surface area (Å²) in [5, 5.41) is 26.9. The SMILES string of the molecule is CC1CC(O)[C@H](O)[C@@H](O)O1. The van der Waals surface area contributed by atoms with Crippen molar-refractivity contribution in [3.8, 4) is 0 Å². The van der Waals surface area contributed by atoms with Crippen LogP contribution >= 0.6 is 0 Å². The molecule has 0 radical (unpaired) electrons. The zero-order chi connectivity index (χ0) is 7.72. The highest BCUT2D eigenvalue weighted by molar-refractivity contribution is 4.77. The molecule has 2 unspecified atom stereocenters. The molecule has 0 aromatic rings. The molecule has 60 valence electrons. The maximum absolute atomic E-state index is 9.03. The van der Waals surface area contributed by atoms with Crippen molar-refractivity contribution in [2.24, 2.45) is 0 Å². The van der Waals surface area contributed by atoms with Crippen molar-refractivity contribution in [1.29, 1.82) is 0 Å². The Morgan fingerprint density at radius 2 is 1.90 bits per heavy atom. The van der Waals surface area contributed by atoms with Crippen molar-refractivity contribution < 1.29 is 20.1 Å². The molecule has 0 bridgehead atoms. The van der Waals surface area contributed by atoms with Crippen LogP contribution in [0.3, 0.4) is 0 Å². The number of ether oxygens (including phenoxy) is 1. The summed E-state index contributed by atoms with van der Waals surface area (Å²) in [6.07, 6.45) is -3.07. The summed E-state index contributed by atoms with van der Waals surface area (Å²) in [6.45, 7) is 1.73. The summed E-state index contributed by atoms with van der Waals surface area (Å²) in [4.78, 5) is 0. The lowest BCUT2D eigenvalue weighted by Gasteiger charge is -2.32. The van der Waals surface area contributed by atoms with Gasteiger partial charge in [-0.3, -0.25) is 0 Å². The van der Waals surface area contributed by atoms with Gasteiger partial charge in [-0.1, -0.05) is 0 Å². The predicted molar refractivity (Wildman–Crippen MR) is 33.2 cm³/mol. The zero-order valence-electron chi connectivity index (χ0n) is 5.77. The van der Waals surface area contributed by atoms with Crippen molar-refractivity contribution >= 4 is 0 Å². The van der Waals surface area contributed by atoms with Crippen LogP contribution in [0.2, 0.25) is 0 Å². The van der Waals surface area contributed by atoms with Gasteiger partial charge < -0.3 is 20.1 Å². The Bertz CT molecular complexity index is 104. The maximum Gasteiger partial charge on any atom is 0.183 e. The highest BCUT2D eigenvalue weighted by Crippen LogP contribution is 2.17. The molecule has 1 aliphatic rings. The Balaban J connectivity index is 2.49. The van der Waals surface area contributed by atoms with Crippen LogP contribution in [0.1, 0.15) is 13.3 Å². The first-order chi connectivity index (χ1) is 4.61. The summed E-state index contributed by atoms with van der Waals surface area (Å²) < 4.78 is 4.81. The molecule has 1 heterocycles. The van der Waals surface area contributed by atoms with E-state index in [1.165, 1.54) is 0 Å². The van der Waals surface area contributed by atoms with Crippen molar-refractivity contribution in [2.75, 3.05) is 0 Å². The van der Waals surface area contributed by atoms with E-state index < -0.39 is 18.5 Å². The van der Waals surface area contributed by atoms with Gasteiger partial charge in [-0.15, -0.1) is 0 Å². The van der Waals surface area contributed by atoms with Crippen molar-refractivity contribution in [3.05, 3.63) is 0 Å². The number of aliphatic hydroxyl groups excluding tert-OH is 3. The molecule has 1 aliphatic heterocycles. The highest BCUT2D eigenvalue weighted by atomic mass is 16.6. The normalized spacial score (nSPS) is 49.2. The van der Waals surface area contributed by atoms with Crippen LogP contribution in [0.5, 0.6) is 0 Å². The summed E-state index contributed by atoms with van der Waals surface area (Å²) in [5.74, 6) is 0. The van der Waals surface area contributed by atoms with Gasteiger partial charge in [-0.05, 0) is 6.92 Å². The van der Waals surface area contributed by atoms with E-state index in [2.05, 4.69) is 0 Å². The van der Waals surface area contributed by atoms with Crippen LogP contribution in [0.15, 0.2) is 0 Å². The second-order valence-electron chi connectivity index (χ2n) is 2.63. The van der Waals surface area contributed by atoms with E-state index in [-0.39, 0.29) is 6.10 Å². The Morgan fingerprint density at radius 3 is 2.40 bits per heavy atom. The van der Waals surface area contributed by atoms with Crippen LogP contribution in [-0.4, -0.2) is 39.9 Å². The molecule has 3 N–H and O–H groups in total. The Hall–Kier alpha value is -0.160. The van der Waals surface area contributed by atoms with Gasteiger partial charge in [0.1, 0.15) is 6.10 Å². The second-order valence-corrected chi connectivity index (χ2v) is 2.63. The summed E-state index contributed by atoms with van der Waals surface area (Å²) in [6, 6.07) is 0. The van der Waals surface area contributed by atoms with Crippen LogP contribution in [0.25, 0.3) is 0 Å². The molecule has 0 spiro atoms. The standard InChI is InChI=1S/C6H12O4/c1-3-2-4(7)5(8)6(9)10-3/h3-9H,2H2,1H3/t3?,4?,5-,6-/m0/s1. The number of rotatable bonds is 0. The quantitative estimate of drug-likeness (QED) is 0.405. The molecule has 0 saturated carbocycles. The maximum atomic E-state index is 9.03. The molecule has 0 amide bonds. The Kier molecular flexibility index (Phi) is 2.25. The predicted octanol–water partition coefficient (Wildman–Crippen LogP) is -1.16. The van der Waals surface area contributed by atoms with E-state index in [1.54, 1.807) is 6.92 Å². The molecule has 10 heavy (non-hydrogen) atoms. The van der Waals surface area contributed by atoms with Gasteiger partial charge in [0.05, 0.1) is 12.2 Å². The van der Waals surface area contributed by atoms with Gasteiger partial charge in [0.25, 0.3) is 0 Å². The Morgan fingerprint density at radius 1 is 1.30 bits per heavy atom. The molecule has 4 heteroatoms. The minimum Gasteiger partial charge on any atom is -0.390 e. The first kappa shape index (κ1) is 7.94. The van der Waals surface area contributed by atoms with E-state index in [1.807, 2.05) is 0 Å². The topological polar surface area (TPSA) is 69.9 Å². The average Bonchev–Trinajstić information content (AvgIpc) is 1.82. The monoisotopic (exact) mass is 148 g/mol. The third kappa shape index (κ3) is 1.46. The molecule has 4 atom stereocenters. The average molecular weight is 148 g/mol. The third-order valence-corrected chi connectivity index (χ3v) is 1.63. The fraction of sp³-hybridized carbons (Fsp3) is 1.00. The molecule has 4 nitrogen and oxygen atoms in total. The lowest BCUT2D eigenvalue weighted by molar-refractivity contribution is -0.242. The molecule has 0 aromatic carbocycles. The summed E-state index contributed by atoms with van der Waals surface area (Å²) >= 11 is 0. The van der Waals surface area contributed by atoms with Crippen LogP contribution < -0.4 is 0 Å². The first-order valence-electron chi connectivity index (χ1n) is 3.31. The number of hydrogen-bond acceptors (Lipinski definition) is 4. The van der Waals surface area contributed by atoms with Crippen LogP contribution in [0.4, 0.5) is 0 Å². The fourth-order valence-electron chi connectivity index (χ4n) is 1.04. The lowest BCUT2D eigenvalue weighted by atomic mass is 10.0. The summed E-state index contributed by atoms with van der Waals surface area (Å²) in [7, 11) is 0. The minimum atomic E-state index is -1.24. The first-order valence-corrected chi connectivity index (χ1v) is 3.31. The highest BCUT2D eigenvalue weighted by Gasteiger charge is 2.33.